The number of nitrogens with zero attached hydrogens (tertiary/aromatic N) is 7. The van der Waals surface area contributed by atoms with Gasteiger partial charge < -0.3 is 9.80 Å². The normalized spacial score (nSPS) is 13.1. The maximum absolute atomic E-state index is 12.7. The van der Waals surface area contributed by atoms with Crippen LogP contribution in [0.15, 0.2) is 35.7 Å². The molecule has 0 radical (unpaired) electrons. The summed E-state index contributed by atoms with van der Waals surface area (Å²) in [6.07, 6.45) is 3.13. The van der Waals surface area contributed by atoms with Gasteiger partial charge in [-0.1, -0.05) is 5.11 Å². The summed E-state index contributed by atoms with van der Waals surface area (Å²) in [5.74, 6) is 0.958. The molecule has 0 spiro atoms. The molecule has 2 aromatic heterocycles. The maximum atomic E-state index is 12.7. The Morgan fingerprint density at radius 3 is 2.91 bits per heavy atom. The van der Waals surface area contributed by atoms with Crippen molar-refractivity contribution in [2.75, 3.05) is 23.4 Å². The quantitative estimate of drug-likeness (QED) is 0.482. The van der Waals surface area contributed by atoms with Crippen molar-refractivity contribution < 1.29 is 4.79 Å². The summed E-state index contributed by atoms with van der Waals surface area (Å²) < 4.78 is 0. The number of azide groups is 1. The minimum atomic E-state index is -0.220. The highest BCUT2D eigenvalue weighted by Gasteiger charge is 2.30. The fourth-order valence-electron chi connectivity index (χ4n) is 2.47. The molecule has 0 saturated carbocycles. The van der Waals surface area contributed by atoms with E-state index in [4.69, 9.17) is 5.53 Å². The van der Waals surface area contributed by atoms with E-state index in [-0.39, 0.29) is 5.91 Å². The Morgan fingerprint density at radius 1 is 1.36 bits per heavy atom. The number of anilines is 3. The molecule has 22 heavy (non-hydrogen) atoms. The van der Waals surface area contributed by atoms with Gasteiger partial charge in [0.1, 0.15) is 5.82 Å². The molecule has 2 aromatic rings. The summed E-state index contributed by atoms with van der Waals surface area (Å²) in [6, 6.07) is 5.17. The zero-order chi connectivity index (χ0) is 15.7. The zero-order valence-electron chi connectivity index (χ0n) is 12.1. The third-order valence-corrected chi connectivity index (χ3v) is 3.50. The van der Waals surface area contributed by atoms with Crippen molar-refractivity contribution in [1.82, 2.24) is 9.97 Å². The van der Waals surface area contributed by atoms with Crippen LogP contribution in [-0.4, -0.2) is 29.5 Å². The molecule has 3 heterocycles. The van der Waals surface area contributed by atoms with Crippen LogP contribution in [0.25, 0.3) is 10.4 Å². The van der Waals surface area contributed by atoms with Crippen molar-refractivity contribution in [3.63, 3.8) is 0 Å². The second-order valence-electron chi connectivity index (χ2n) is 4.71. The number of carbonyl (C=O) groups excluding carboxylic acids is 1. The number of carbonyl (C=O) groups is 1. The summed E-state index contributed by atoms with van der Waals surface area (Å²) in [5, 5.41) is 3.52. The first kappa shape index (κ1) is 13.8. The van der Waals surface area contributed by atoms with E-state index in [1.807, 2.05) is 17.9 Å². The first-order chi connectivity index (χ1) is 10.7. The number of pyridine rings is 2. The van der Waals surface area contributed by atoms with Gasteiger partial charge in [-0.25, -0.2) is 9.97 Å². The fraction of sp³-hybridized carbons (Fsp3) is 0.214. The van der Waals surface area contributed by atoms with E-state index < -0.39 is 0 Å². The van der Waals surface area contributed by atoms with Crippen LogP contribution in [0, 0.1) is 0 Å². The molecular formula is C14H13N7O. The lowest BCUT2D eigenvalue weighted by atomic mass is 10.2. The van der Waals surface area contributed by atoms with E-state index in [1.165, 1.54) is 11.1 Å². The van der Waals surface area contributed by atoms with Crippen LogP contribution >= 0.6 is 0 Å². The minimum absolute atomic E-state index is 0.220. The van der Waals surface area contributed by atoms with Crippen molar-refractivity contribution in [1.29, 1.82) is 0 Å². The Bertz CT molecular complexity index is 798. The fourth-order valence-corrected chi connectivity index (χ4v) is 2.47. The van der Waals surface area contributed by atoms with Crippen molar-refractivity contribution in [3.05, 3.63) is 46.6 Å². The molecule has 1 aliphatic heterocycles. The molecule has 1 aliphatic rings. The van der Waals surface area contributed by atoms with E-state index in [0.29, 0.717) is 35.1 Å². The highest BCUT2D eigenvalue weighted by atomic mass is 16.2. The Hall–Kier alpha value is -3.12. The van der Waals surface area contributed by atoms with Gasteiger partial charge in [-0.2, -0.15) is 0 Å². The first-order valence-corrected chi connectivity index (χ1v) is 6.73. The van der Waals surface area contributed by atoms with E-state index in [1.54, 1.807) is 25.4 Å². The Morgan fingerprint density at radius 2 is 2.18 bits per heavy atom. The van der Waals surface area contributed by atoms with Gasteiger partial charge in [0.15, 0.2) is 5.82 Å². The lowest BCUT2D eigenvalue weighted by Crippen LogP contribution is -2.25. The highest BCUT2D eigenvalue weighted by molar-refractivity contribution is 6.12. The Kier molecular flexibility index (Phi) is 3.36. The number of fused-ring (bicyclic) bond motifs is 2. The molecular weight excluding hydrogens is 282 g/mol. The van der Waals surface area contributed by atoms with Gasteiger partial charge in [-0.3, -0.25) is 4.79 Å². The summed E-state index contributed by atoms with van der Waals surface area (Å²) in [7, 11) is 1.69. The molecule has 0 atom stereocenters. The molecule has 0 unspecified atom stereocenters. The van der Waals surface area contributed by atoms with E-state index in [9.17, 15) is 4.79 Å². The smallest absolute Gasteiger partial charge is 0.261 e. The second kappa shape index (κ2) is 5.34. The van der Waals surface area contributed by atoms with Gasteiger partial charge in [0, 0.05) is 30.9 Å². The third kappa shape index (κ3) is 2.02. The van der Waals surface area contributed by atoms with E-state index >= 15 is 0 Å². The average Bonchev–Trinajstić information content (AvgIpc) is 2.63. The largest absolute Gasteiger partial charge is 0.309 e. The van der Waals surface area contributed by atoms with Crippen LogP contribution in [0.3, 0.4) is 0 Å². The summed E-state index contributed by atoms with van der Waals surface area (Å²) in [6.45, 7) is 2.56. The molecule has 3 rings (SSSR count). The Labute approximate surface area is 126 Å². The van der Waals surface area contributed by atoms with Crippen molar-refractivity contribution >= 4 is 28.9 Å². The molecule has 110 valence electrons. The number of hydrogen-bond acceptors (Lipinski definition) is 5. The van der Waals surface area contributed by atoms with Crippen LogP contribution in [0.2, 0.25) is 0 Å². The van der Waals surface area contributed by atoms with Crippen LogP contribution in [-0.2, 0) is 0 Å². The number of aromatic nitrogens is 2. The third-order valence-electron chi connectivity index (χ3n) is 3.50. The second-order valence-corrected chi connectivity index (χ2v) is 4.71. The molecule has 0 aromatic carbocycles. The summed E-state index contributed by atoms with van der Waals surface area (Å²) >= 11 is 0. The molecule has 0 aliphatic carbocycles. The molecule has 0 saturated heterocycles. The SMILES string of the molecule is CCN1c2ncc(N=[N+]=[N-])cc2C(=O)N(C)c2cccnc21. The monoisotopic (exact) mass is 295 g/mol. The summed E-state index contributed by atoms with van der Waals surface area (Å²) in [5.41, 5.74) is 9.94. The van der Waals surface area contributed by atoms with Crippen molar-refractivity contribution in [3.8, 4) is 0 Å². The molecule has 0 bridgehead atoms. The minimum Gasteiger partial charge on any atom is -0.309 e. The highest BCUT2D eigenvalue weighted by Crippen LogP contribution is 2.38. The van der Waals surface area contributed by atoms with Gasteiger partial charge in [0.25, 0.3) is 5.91 Å². The number of rotatable bonds is 2. The molecule has 0 N–H and O–H groups in total. The van der Waals surface area contributed by atoms with Gasteiger partial charge in [-0.05, 0) is 30.7 Å². The van der Waals surface area contributed by atoms with Crippen LogP contribution < -0.4 is 9.80 Å². The zero-order valence-corrected chi connectivity index (χ0v) is 12.1. The van der Waals surface area contributed by atoms with E-state index in [0.717, 1.165) is 0 Å². The first-order valence-electron chi connectivity index (χ1n) is 6.73. The molecule has 0 fully saturated rings. The van der Waals surface area contributed by atoms with Crippen molar-refractivity contribution in [2.24, 2.45) is 5.11 Å². The maximum Gasteiger partial charge on any atom is 0.261 e. The molecule has 8 heteroatoms. The van der Waals surface area contributed by atoms with E-state index in [2.05, 4.69) is 20.0 Å². The molecule has 8 nitrogen and oxygen atoms in total. The van der Waals surface area contributed by atoms with Gasteiger partial charge in [0.05, 0.1) is 16.9 Å². The molecule has 1 amide bonds. The van der Waals surface area contributed by atoms with Crippen molar-refractivity contribution in [2.45, 2.75) is 6.92 Å². The predicted octanol–water partition coefficient (Wildman–Crippen LogP) is 3.17. The van der Waals surface area contributed by atoms with Crippen LogP contribution in [0.5, 0.6) is 0 Å². The topological polar surface area (TPSA) is 98.1 Å². The van der Waals surface area contributed by atoms with Gasteiger partial charge in [-0.15, -0.1) is 0 Å². The Balaban J connectivity index is 2.28. The number of hydrogen-bond donors (Lipinski definition) is 0. The van der Waals surface area contributed by atoms with Crippen LogP contribution in [0.4, 0.5) is 23.0 Å². The lowest BCUT2D eigenvalue weighted by Gasteiger charge is -2.22. The van der Waals surface area contributed by atoms with Crippen LogP contribution in [0.1, 0.15) is 17.3 Å². The summed E-state index contributed by atoms with van der Waals surface area (Å²) in [4.78, 5) is 27.5. The number of amides is 1. The lowest BCUT2D eigenvalue weighted by molar-refractivity contribution is 0.0994. The van der Waals surface area contributed by atoms with Gasteiger partial charge in [0.2, 0.25) is 0 Å². The van der Waals surface area contributed by atoms with Gasteiger partial charge >= 0.3 is 0 Å². The standard InChI is InChI=1S/C14H13N7O/c1-3-21-12-10(7-9(8-17-12)18-19-15)14(22)20(2)11-5-4-6-16-13(11)21/h4-8H,3H2,1-2H3. The average molecular weight is 295 g/mol. The predicted molar refractivity (Wildman–Crippen MR) is 82.7 cm³/mol.